The molecule has 0 aliphatic heterocycles. The molecular weight excluding hydrogens is 282 g/mol. The second-order valence-corrected chi connectivity index (χ2v) is 4.46. The second kappa shape index (κ2) is 7.17. The zero-order chi connectivity index (χ0) is 15.9. The van der Waals surface area contributed by atoms with Crippen LogP contribution in [0.4, 0.5) is 5.69 Å². The summed E-state index contributed by atoms with van der Waals surface area (Å²) < 4.78 is 10.3. The highest BCUT2D eigenvalue weighted by atomic mass is 16.5. The Labute approximate surface area is 128 Å². The Kier molecular flexibility index (Phi) is 5.03. The van der Waals surface area contributed by atoms with Crippen LogP contribution in [0.2, 0.25) is 0 Å². The normalized spacial score (nSPS) is 10.5. The van der Waals surface area contributed by atoms with Gasteiger partial charge in [0, 0.05) is 29.6 Å². The van der Waals surface area contributed by atoms with Crippen molar-refractivity contribution >= 4 is 11.5 Å². The van der Waals surface area contributed by atoms with Crippen LogP contribution in [0.15, 0.2) is 54.7 Å². The highest BCUT2D eigenvalue weighted by Crippen LogP contribution is 2.27. The number of allylic oxidation sites excluding steroid dienone is 1. The number of ketones is 1. The van der Waals surface area contributed by atoms with Crippen LogP contribution < -0.4 is 14.8 Å². The molecule has 0 amide bonds. The van der Waals surface area contributed by atoms with Gasteiger partial charge in [0.2, 0.25) is 0 Å². The Morgan fingerprint density at radius 1 is 1.09 bits per heavy atom. The molecule has 5 nitrogen and oxygen atoms in total. The third-order valence-corrected chi connectivity index (χ3v) is 3.00. The van der Waals surface area contributed by atoms with Crippen molar-refractivity contribution in [3.05, 3.63) is 60.3 Å². The van der Waals surface area contributed by atoms with Gasteiger partial charge in [-0.1, -0.05) is 6.07 Å². The molecule has 114 valence electrons. The lowest BCUT2D eigenvalue weighted by atomic mass is 10.1. The minimum atomic E-state index is -0.173. The minimum Gasteiger partial charge on any atom is -0.508 e. The first kappa shape index (κ1) is 15.4. The summed E-state index contributed by atoms with van der Waals surface area (Å²) in [5.41, 5.74) is 1.18. The van der Waals surface area contributed by atoms with Gasteiger partial charge >= 0.3 is 0 Å². The molecule has 0 aromatic heterocycles. The zero-order valence-electron chi connectivity index (χ0n) is 12.4. The van der Waals surface area contributed by atoms with Crippen LogP contribution in [-0.4, -0.2) is 25.1 Å². The number of rotatable bonds is 6. The van der Waals surface area contributed by atoms with E-state index in [1.807, 2.05) is 0 Å². The summed E-state index contributed by atoms with van der Waals surface area (Å²) in [4.78, 5) is 12.1. The Balaban J connectivity index is 2.07. The predicted molar refractivity (Wildman–Crippen MR) is 84.7 cm³/mol. The van der Waals surface area contributed by atoms with Crippen LogP contribution in [0.5, 0.6) is 17.2 Å². The maximum Gasteiger partial charge on any atom is 0.187 e. The molecule has 0 radical (unpaired) electrons. The Morgan fingerprint density at radius 2 is 1.86 bits per heavy atom. The van der Waals surface area contributed by atoms with Gasteiger partial charge in [-0.25, -0.2) is 0 Å². The van der Waals surface area contributed by atoms with Gasteiger partial charge in [-0.3, -0.25) is 4.79 Å². The maximum absolute atomic E-state index is 12.1. The first-order valence-corrected chi connectivity index (χ1v) is 6.62. The minimum absolute atomic E-state index is 0.157. The van der Waals surface area contributed by atoms with E-state index in [0.29, 0.717) is 22.7 Å². The van der Waals surface area contributed by atoms with Crippen molar-refractivity contribution in [3.8, 4) is 17.2 Å². The molecule has 2 aromatic rings. The molecule has 0 atom stereocenters. The van der Waals surface area contributed by atoms with Crippen molar-refractivity contribution in [2.24, 2.45) is 0 Å². The van der Waals surface area contributed by atoms with Crippen LogP contribution in [-0.2, 0) is 0 Å². The Morgan fingerprint density at radius 3 is 2.55 bits per heavy atom. The fraction of sp³-hybridized carbons (Fsp3) is 0.118. The molecular formula is C17H17NO4. The van der Waals surface area contributed by atoms with Crippen molar-refractivity contribution < 1.29 is 19.4 Å². The Bertz CT molecular complexity index is 695. The van der Waals surface area contributed by atoms with E-state index < -0.39 is 0 Å². The van der Waals surface area contributed by atoms with E-state index in [1.165, 1.54) is 19.4 Å². The Hall–Kier alpha value is -2.95. The lowest BCUT2D eigenvalue weighted by molar-refractivity contribution is 0.104. The highest BCUT2D eigenvalue weighted by molar-refractivity contribution is 6.05. The molecule has 0 aliphatic rings. The van der Waals surface area contributed by atoms with Crippen LogP contribution >= 0.6 is 0 Å². The first-order chi connectivity index (χ1) is 10.6. The molecule has 2 aromatic carbocycles. The average Bonchev–Trinajstić information content (AvgIpc) is 2.54. The van der Waals surface area contributed by atoms with E-state index in [4.69, 9.17) is 9.47 Å². The number of phenols is 1. The number of phenolic OH excluding ortho intramolecular Hbond substituents is 1. The van der Waals surface area contributed by atoms with Gasteiger partial charge in [-0.2, -0.15) is 0 Å². The van der Waals surface area contributed by atoms with Crippen molar-refractivity contribution in [2.45, 2.75) is 0 Å². The van der Waals surface area contributed by atoms with Gasteiger partial charge in [0.25, 0.3) is 0 Å². The largest absolute Gasteiger partial charge is 0.508 e. The standard InChI is InChI=1S/C17H17NO4/c1-21-16-7-6-12(10-17(16)22-2)15(20)8-9-18-13-4-3-5-14(19)11-13/h3-11,18-19H,1-2H3/b9-8-. The van der Waals surface area contributed by atoms with Gasteiger partial charge in [-0.15, -0.1) is 0 Å². The summed E-state index contributed by atoms with van der Waals surface area (Å²) in [5.74, 6) is 1.06. The SMILES string of the molecule is COc1ccc(C(=O)/C=C\Nc2cccc(O)c2)cc1OC. The van der Waals surface area contributed by atoms with E-state index in [0.717, 1.165) is 0 Å². The summed E-state index contributed by atoms with van der Waals surface area (Å²) in [7, 11) is 3.06. The highest BCUT2D eigenvalue weighted by Gasteiger charge is 2.08. The number of hydrogen-bond acceptors (Lipinski definition) is 5. The fourth-order valence-corrected chi connectivity index (χ4v) is 1.89. The molecule has 0 spiro atoms. The molecule has 0 unspecified atom stereocenters. The summed E-state index contributed by atoms with van der Waals surface area (Å²) in [6, 6.07) is 11.6. The molecule has 0 aliphatic carbocycles. The third-order valence-electron chi connectivity index (χ3n) is 3.00. The molecule has 5 heteroatoms. The van der Waals surface area contributed by atoms with E-state index in [9.17, 15) is 9.90 Å². The van der Waals surface area contributed by atoms with Crippen molar-refractivity contribution in [3.63, 3.8) is 0 Å². The van der Waals surface area contributed by atoms with Gasteiger partial charge < -0.3 is 19.9 Å². The van der Waals surface area contributed by atoms with Gasteiger partial charge in [0.05, 0.1) is 14.2 Å². The van der Waals surface area contributed by atoms with Crippen molar-refractivity contribution in [1.82, 2.24) is 0 Å². The third kappa shape index (κ3) is 3.79. The molecule has 0 heterocycles. The number of ether oxygens (including phenoxy) is 2. The summed E-state index contributed by atoms with van der Waals surface area (Å²) >= 11 is 0. The molecule has 22 heavy (non-hydrogen) atoms. The molecule has 0 bridgehead atoms. The van der Waals surface area contributed by atoms with Crippen LogP contribution in [0, 0.1) is 0 Å². The number of nitrogens with one attached hydrogen (secondary N) is 1. The monoisotopic (exact) mass is 299 g/mol. The van der Waals surface area contributed by atoms with E-state index in [2.05, 4.69) is 5.32 Å². The number of carbonyl (C=O) groups excluding carboxylic acids is 1. The molecule has 2 N–H and O–H groups in total. The number of aromatic hydroxyl groups is 1. The quantitative estimate of drug-likeness (QED) is 0.633. The van der Waals surface area contributed by atoms with Gasteiger partial charge in [0.1, 0.15) is 5.75 Å². The number of anilines is 1. The summed E-state index contributed by atoms with van der Waals surface area (Å²) in [6.07, 6.45) is 2.93. The van der Waals surface area contributed by atoms with Crippen molar-refractivity contribution in [1.29, 1.82) is 0 Å². The first-order valence-electron chi connectivity index (χ1n) is 6.62. The number of hydrogen-bond donors (Lipinski definition) is 2. The zero-order valence-corrected chi connectivity index (χ0v) is 12.4. The average molecular weight is 299 g/mol. The van der Waals surface area contributed by atoms with E-state index >= 15 is 0 Å². The van der Waals surface area contributed by atoms with Crippen LogP contribution in [0.3, 0.4) is 0 Å². The summed E-state index contributed by atoms with van der Waals surface area (Å²) in [6.45, 7) is 0. The number of methoxy groups -OCH3 is 2. The smallest absolute Gasteiger partial charge is 0.187 e. The molecule has 0 saturated carbocycles. The maximum atomic E-state index is 12.1. The van der Waals surface area contributed by atoms with Gasteiger partial charge in [0.15, 0.2) is 17.3 Å². The lowest BCUT2D eigenvalue weighted by Gasteiger charge is -2.08. The van der Waals surface area contributed by atoms with Crippen LogP contribution in [0.1, 0.15) is 10.4 Å². The topological polar surface area (TPSA) is 67.8 Å². The number of benzene rings is 2. The fourth-order valence-electron chi connectivity index (χ4n) is 1.89. The van der Waals surface area contributed by atoms with Gasteiger partial charge in [-0.05, 0) is 30.3 Å². The van der Waals surface area contributed by atoms with E-state index in [1.54, 1.807) is 49.6 Å². The molecule has 2 rings (SSSR count). The predicted octanol–water partition coefficient (Wildman–Crippen LogP) is 3.22. The van der Waals surface area contributed by atoms with Crippen molar-refractivity contribution in [2.75, 3.05) is 19.5 Å². The lowest BCUT2D eigenvalue weighted by Crippen LogP contribution is -1.98. The number of carbonyl (C=O) groups is 1. The second-order valence-electron chi connectivity index (χ2n) is 4.46. The van der Waals surface area contributed by atoms with E-state index in [-0.39, 0.29) is 11.5 Å². The van der Waals surface area contributed by atoms with Crippen LogP contribution in [0.25, 0.3) is 0 Å². The summed E-state index contributed by atoms with van der Waals surface area (Å²) in [5, 5.41) is 12.3. The molecule has 0 saturated heterocycles. The molecule has 0 fully saturated rings.